The van der Waals surface area contributed by atoms with Crippen LogP contribution >= 0.6 is 11.3 Å². The molecule has 2 atom stereocenters. The standard InChI is InChI=1S/C10H17N3S/c1-8-7-11-3-5-13(8)9(2)10-12-4-6-14-10/h4,6,8-9,11H,3,5,7H2,1-2H3/t8-,9-/m0/s1. The fourth-order valence-electron chi connectivity index (χ4n) is 2.01. The first-order chi connectivity index (χ1) is 6.79. The second kappa shape index (κ2) is 4.38. The van der Waals surface area contributed by atoms with Crippen molar-refractivity contribution < 1.29 is 0 Å². The van der Waals surface area contributed by atoms with Crippen molar-refractivity contribution >= 4 is 11.3 Å². The number of nitrogens with one attached hydrogen (secondary N) is 1. The quantitative estimate of drug-likeness (QED) is 0.803. The molecule has 0 bridgehead atoms. The Morgan fingerprint density at radius 1 is 1.71 bits per heavy atom. The van der Waals surface area contributed by atoms with Crippen LogP contribution in [0, 0.1) is 0 Å². The minimum atomic E-state index is 0.465. The molecule has 1 aliphatic heterocycles. The Labute approximate surface area is 89.1 Å². The van der Waals surface area contributed by atoms with Crippen LogP contribution in [0.4, 0.5) is 0 Å². The van der Waals surface area contributed by atoms with Gasteiger partial charge in [0.05, 0.1) is 6.04 Å². The average Bonchev–Trinajstić information content (AvgIpc) is 2.70. The third kappa shape index (κ3) is 1.97. The fourth-order valence-corrected chi connectivity index (χ4v) is 2.73. The van der Waals surface area contributed by atoms with E-state index < -0.39 is 0 Å². The molecular weight excluding hydrogens is 194 g/mol. The number of aromatic nitrogens is 1. The lowest BCUT2D eigenvalue weighted by Gasteiger charge is -2.37. The number of hydrogen-bond acceptors (Lipinski definition) is 4. The maximum Gasteiger partial charge on any atom is 0.109 e. The predicted molar refractivity (Wildman–Crippen MR) is 59.6 cm³/mol. The van der Waals surface area contributed by atoms with Crippen LogP contribution in [0.25, 0.3) is 0 Å². The lowest BCUT2D eigenvalue weighted by molar-refractivity contribution is 0.126. The lowest BCUT2D eigenvalue weighted by atomic mass is 10.1. The van der Waals surface area contributed by atoms with Crippen molar-refractivity contribution in [3.8, 4) is 0 Å². The summed E-state index contributed by atoms with van der Waals surface area (Å²) in [4.78, 5) is 6.91. The Kier molecular flexibility index (Phi) is 3.15. The zero-order valence-electron chi connectivity index (χ0n) is 8.73. The molecule has 0 unspecified atom stereocenters. The van der Waals surface area contributed by atoms with E-state index >= 15 is 0 Å². The number of hydrogen-bond donors (Lipinski definition) is 1. The average molecular weight is 211 g/mol. The number of piperazine rings is 1. The largest absolute Gasteiger partial charge is 0.314 e. The first-order valence-corrected chi connectivity index (χ1v) is 6.03. The highest BCUT2D eigenvalue weighted by Gasteiger charge is 2.24. The molecule has 4 heteroatoms. The predicted octanol–water partition coefficient (Wildman–Crippen LogP) is 1.50. The monoisotopic (exact) mass is 211 g/mol. The molecule has 1 fully saturated rings. The summed E-state index contributed by atoms with van der Waals surface area (Å²) in [6.07, 6.45) is 1.89. The van der Waals surface area contributed by atoms with Gasteiger partial charge in [0.15, 0.2) is 0 Å². The van der Waals surface area contributed by atoms with E-state index in [2.05, 4.69) is 34.4 Å². The number of thiazole rings is 1. The van der Waals surface area contributed by atoms with Gasteiger partial charge in [0, 0.05) is 37.3 Å². The zero-order valence-corrected chi connectivity index (χ0v) is 9.55. The van der Waals surface area contributed by atoms with Gasteiger partial charge in [-0.25, -0.2) is 4.98 Å². The molecule has 2 heterocycles. The summed E-state index contributed by atoms with van der Waals surface area (Å²) < 4.78 is 0. The van der Waals surface area contributed by atoms with Gasteiger partial charge in [-0.1, -0.05) is 0 Å². The summed E-state index contributed by atoms with van der Waals surface area (Å²) in [5.74, 6) is 0. The van der Waals surface area contributed by atoms with E-state index in [1.165, 1.54) is 5.01 Å². The van der Waals surface area contributed by atoms with Gasteiger partial charge in [-0.3, -0.25) is 4.90 Å². The molecule has 3 nitrogen and oxygen atoms in total. The van der Waals surface area contributed by atoms with E-state index in [4.69, 9.17) is 0 Å². The molecule has 1 aromatic heterocycles. The molecule has 1 N–H and O–H groups in total. The molecule has 0 saturated carbocycles. The van der Waals surface area contributed by atoms with Crippen molar-refractivity contribution in [1.29, 1.82) is 0 Å². The van der Waals surface area contributed by atoms with Crippen LogP contribution in [0.15, 0.2) is 11.6 Å². The maximum atomic E-state index is 4.38. The van der Waals surface area contributed by atoms with Gasteiger partial charge in [-0.05, 0) is 13.8 Å². The Balaban J connectivity index is 2.06. The van der Waals surface area contributed by atoms with Gasteiger partial charge in [0.1, 0.15) is 5.01 Å². The summed E-state index contributed by atoms with van der Waals surface area (Å²) in [6.45, 7) is 7.84. The van der Waals surface area contributed by atoms with Gasteiger partial charge in [-0.15, -0.1) is 11.3 Å². The molecule has 0 radical (unpaired) electrons. The third-order valence-electron chi connectivity index (χ3n) is 2.86. The van der Waals surface area contributed by atoms with Gasteiger partial charge in [0.2, 0.25) is 0 Å². The molecule has 1 saturated heterocycles. The first kappa shape index (κ1) is 10.1. The van der Waals surface area contributed by atoms with E-state index in [1.807, 2.05) is 6.20 Å². The minimum Gasteiger partial charge on any atom is -0.314 e. The zero-order chi connectivity index (χ0) is 9.97. The molecule has 1 aromatic rings. The normalized spacial score (nSPS) is 26.3. The van der Waals surface area contributed by atoms with Crippen LogP contribution in [-0.4, -0.2) is 35.6 Å². The Morgan fingerprint density at radius 2 is 2.57 bits per heavy atom. The van der Waals surface area contributed by atoms with Crippen LogP contribution < -0.4 is 5.32 Å². The van der Waals surface area contributed by atoms with E-state index in [0.717, 1.165) is 19.6 Å². The smallest absolute Gasteiger partial charge is 0.109 e. The Hall–Kier alpha value is -0.450. The highest BCUT2D eigenvalue weighted by molar-refractivity contribution is 7.09. The molecule has 0 spiro atoms. The van der Waals surface area contributed by atoms with Crippen LogP contribution in [-0.2, 0) is 0 Å². The minimum absolute atomic E-state index is 0.465. The number of nitrogens with zero attached hydrogens (tertiary/aromatic N) is 2. The molecule has 14 heavy (non-hydrogen) atoms. The first-order valence-electron chi connectivity index (χ1n) is 5.15. The van der Waals surface area contributed by atoms with E-state index in [-0.39, 0.29) is 0 Å². The third-order valence-corrected chi connectivity index (χ3v) is 3.80. The van der Waals surface area contributed by atoms with Crippen LogP contribution in [0.5, 0.6) is 0 Å². The SMILES string of the molecule is C[C@H]1CNCCN1[C@@H](C)c1nccs1. The van der Waals surface area contributed by atoms with Crippen LogP contribution in [0.3, 0.4) is 0 Å². The summed E-state index contributed by atoms with van der Waals surface area (Å²) in [5.41, 5.74) is 0. The number of rotatable bonds is 2. The molecule has 2 rings (SSSR count). The highest BCUT2D eigenvalue weighted by atomic mass is 32.1. The summed E-state index contributed by atoms with van der Waals surface area (Å²) in [5, 5.41) is 6.70. The molecule has 1 aliphatic rings. The van der Waals surface area contributed by atoms with Gasteiger partial charge in [-0.2, -0.15) is 0 Å². The topological polar surface area (TPSA) is 28.2 Å². The summed E-state index contributed by atoms with van der Waals surface area (Å²) in [6, 6.07) is 1.08. The highest BCUT2D eigenvalue weighted by Crippen LogP contribution is 2.24. The van der Waals surface area contributed by atoms with E-state index in [0.29, 0.717) is 12.1 Å². The van der Waals surface area contributed by atoms with Gasteiger partial charge >= 0.3 is 0 Å². The van der Waals surface area contributed by atoms with Crippen LogP contribution in [0.2, 0.25) is 0 Å². The van der Waals surface area contributed by atoms with Crippen LogP contribution in [0.1, 0.15) is 24.9 Å². The summed E-state index contributed by atoms with van der Waals surface area (Å²) >= 11 is 1.75. The maximum absolute atomic E-state index is 4.38. The van der Waals surface area contributed by atoms with E-state index in [9.17, 15) is 0 Å². The molecule has 0 amide bonds. The molecule has 0 aliphatic carbocycles. The van der Waals surface area contributed by atoms with Gasteiger partial charge < -0.3 is 5.32 Å². The van der Waals surface area contributed by atoms with Crippen molar-refractivity contribution in [2.24, 2.45) is 0 Å². The van der Waals surface area contributed by atoms with Crippen molar-refractivity contribution in [1.82, 2.24) is 15.2 Å². The van der Waals surface area contributed by atoms with Gasteiger partial charge in [0.25, 0.3) is 0 Å². The lowest BCUT2D eigenvalue weighted by Crippen LogP contribution is -2.50. The molecular formula is C10H17N3S. The van der Waals surface area contributed by atoms with Crippen molar-refractivity contribution in [3.05, 3.63) is 16.6 Å². The second-order valence-electron chi connectivity index (χ2n) is 3.84. The van der Waals surface area contributed by atoms with E-state index in [1.54, 1.807) is 11.3 Å². The van der Waals surface area contributed by atoms with Crippen molar-refractivity contribution in [3.63, 3.8) is 0 Å². The Morgan fingerprint density at radius 3 is 3.21 bits per heavy atom. The molecule has 0 aromatic carbocycles. The van der Waals surface area contributed by atoms with Crippen molar-refractivity contribution in [2.45, 2.75) is 25.9 Å². The summed E-state index contributed by atoms with van der Waals surface area (Å²) in [7, 11) is 0. The second-order valence-corrected chi connectivity index (χ2v) is 4.76. The van der Waals surface area contributed by atoms with Crippen molar-refractivity contribution in [2.75, 3.05) is 19.6 Å². The molecule has 78 valence electrons. The Bertz CT molecular complexity index is 273. The fraction of sp³-hybridized carbons (Fsp3) is 0.700.